The van der Waals surface area contributed by atoms with Crippen molar-refractivity contribution in [3.8, 4) is 0 Å². The Kier molecular flexibility index (Phi) is 11.0. The second kappa shape index (κ2) is 14.5. The molecule has 1 aliphatic rings. The first-order chi connectivity index (χ1) is 17.2. The maximum absolute atomic E-state index is 4.75. The van der Waals surface area contributed by atoms with Gasteiger partial charge in [0.15, 0.2) is 5.84 Å². The summed E-state index contributed by atoms with van der Waals surface area (Å²) in [6.07, 6.45) is 0. The summed E-state index contributed by atoms with van der Waals surface area (Å²) in [5.74, 6) is 0.862. The van der Waals surface area contributed by atoms with Crippen LogP contribution in [0.4, 0.5) is 11.4 Å². The summed E-state index contributed by atoms with van der Waals surface area (Å²) < 4.78 is 0. The van der Waals surface area contributed by atoms with Gasteiger partial charge in [-0.2, -0.15) is 35.4 Å². The van der Waals surface area contributed by atoms with Crippen LogP contribution in [-0.2, 0) is 24.7 Å². The van der Waals surface area contributed by atoms with E-state index in [1.807, 2.05) is 89.8 Å². The third-order valence-electron chi connectivity index (χ3n) is 4.91. The van der Waals surface area contributed by atoms with E-state index in [-0.39, 0.29) is 0 Å². The second-order valence-corrected chi connectivity index (χ2v) is 7.83. The molecule has 180 valence electrons. The van der Waals surface area contributed by atoms with E-state index in [9.17, 15) is 0 Å². The number of amidine groups is 1. The molecule has 0 N–H and O–H groups in total. The molecule has 4 nitrogen and oxygen atoms in total. The molecule has 4 aromatic rings. The first-order valence-electron chi connectivity index (χ1n) is 11.0. The van der Waals surface area contributed by atoms with Gasteiger partial charge >= 0.3 is 27.7 Å². The van der Waals surface area contributed by atoms with Crippen molar-refractivity contribution in [1.29, 1.82) is 0 Å². The van der Waals surface area contributed by atoms with Crippen LogP contribution in [0.15, 0.2) is 120 Å². The Bertz CT molecular complexity index is 1140. The quantitative estimate of drug-likeness (QED) is 0.198. The molecule has 0 unspecified atom stereocenters. The van der Waals surface area contributed by atoms with Gasteiger partial charge in [0, 0.05) is 17.8 Å². The van der Waals surface area contributed by atoms with Crippen molar-refractivity contribution in [3.05, 3.63) is 139 Å². The van der Waals surface area contributed by atoms with Crippen LogP contribution in [-0.4, -0.2) is 24.8 Å². The van der Waals surface area contributed by atoms with Gasteiger partial charge in [0.25, 0.3) is 0 Å². The Morgan fingerprint density at radius 2 is 1.31 bits per heavy atom. The number of hydrogen-bond donors (Lipinski definition) is 0. The molecular weight excluding hydrogens is 546 g/mol. The molecule has 0 saturated heterocycles. The average molecular weight is 573 g/mol. The number of hydrazone groups is 1. The molecular formula is C29H27ClN4Pd. The third-order valence-corrected chi connectivity index (χ3v) is 4.91. The minimum absolute atomic E-state index is 0.862. The van der Waals surface area contributed by atoms with E-state index in [1.54, 1.807) is 5.01 Å². The summed E-state index contributed by atoms with van der Waals surface area (Å²) >= 11 is 2.22. The van der Waals surface area contributed by atoms with Crippen LogP contribution in [0.5, 0.6) is 0 Å². The van der Waals surface area contributed by atoms with Gasteiger partial charge in [-0.05, 0) is 38.4 Å². The molecule has 1 heterocycles. The molecule has 0 bridgehead atoms. The van der Waals surface area contributed by atoms with Crippen LogP contribution in [0, 0.1) is 12.7 Å². The van der Waals surface area contributed by atoms with Crippen LogP contribution >= 0.6 is 9.53 Å². The molecule has 5 rings (SSSR count). The average Bonchev–Trinajstić information content (AvgIpc) is 3.38. The van der Waals surface area contributed by atoms with Crippen LogP contribution in [0.1, 0.15) is 11.1 Å². The van der Waals surface area contributed by atoms with Crippen molar-refractivity contribution < 1.29 is 18.2 Å². The predicted molar refractivity (Wildman–Crippen MR) is 143 cm³/mol. The topological polar surface area (TPSA) is 22.1 Å². The van der Waals surface area contributed by atoms with Gasteiger partial charge in [-0.3, -0.25) is 4.90 Å². The summed E-state index contributed by atoms with van der Waals surface area (Å²) in [5.41, 5.74) is 4.32. The van der Waals surface area contributed by atoms with Gasteiger partial charge in [-0.15, -0.1) is 5.56 Å². The van der Waals surface area contributed by atoms with Gasteiger partial charge < -0.3 is 4.90 Å². The van der Waals surface area contributed by atoms with E-state index >= 15 is 0 Å². The number of halogens is 1. The Labute approximate surface area is 223 Å². The number of anilines is 2. The molecule has 1 aliphatic heterocycles. The van der Waals surface area contributed by atoms with Crippen LogP contribution in [0.2, 0.25) is 0 Å². The summed E-state index contributed by atoms with van der Waals surface area (Å²) in [6.45, 7) is 4.31. The summed E-state index contributed by atoms with van der Waals surface area (Å²) in [6, 6.07) is 41.6. The van der Waals surface area contributed by atoms with Gasteiger partial charge in [0.1, 0.15) is 0 Å². The van der Waals surface area contributed by atoms with Gasteiger partial charge in [0.2, 0.25) is 6.67 Å². The molecule has 2 radical (unpaired) electrons. The Morgan fingerprint density at radius 1 is 0.771 bits per heavy atom. The van der Waals surface area contributed by atoms with E-state index in [0.717, 1.165) is 29.3 Å². The van der Waals surface area contributed by atoms with Gasteiger partial charge in [0.05, 0.1) is 5.69 Å². The second-order valence-electron chi connectivity index (χ2n) is 7.83. The van der Waals surface area contributed by atoms with Crippen molar-refractivity contribution in [1.82, 2.24) is 4.90 Å². The molecule has 0 atom stereocenters. The van der Waals surface area contributed by atoms with Crippen molar-refractivity contribution >= 4 is 26.7 Å². The van der Waals surface area contributed by atoms with Crippen molar-refractivity contribution in [2.75, 3.05) is 24.0 Å². The van der Waals surface area contributed by atoms with E-state index < -0.39 is 0 Å². The molecule has 0 saturated carbocycles. The van der Waals surface area contributed by atoms with Crippen molar-refractivity contribution in [2.24, 2.45) is 5.10 Å². The number of rotatable bonds is 5. The molecule has 0 spiro atoms. The molecule has 0 aliphatic carbocycles. The summed E-state index contributed by atoms with van der Waals surface area (Å²) in [5, 5.41) is 6.54. The number of hydrogen-bond acceptors (Lipinski definition) is 4. The molecule has 0 aromatic heterocycles. The summed E-state index contributed by atoms with van der Waals surface area (Å²) in [7, 11) is 8.60. The molecule has 35 heavy (non-hydrogen) atoms. The molecule has 0 fully saturated rings. The first kappa shape index (κ1) is 26.7. The number of benzene rings is 4. The van der Waals surface area contributed by atoms with Crippen LogP contribution < -0.4 is 9.91 Å². The molecule has 6 heteroatoms. The third kappa shape index (κ3) is 8.06. The Hall–Kier alpha value is -2.94. The van der Waals surface area contributed by atoms with Crippen molar-refractivity contribution in [3.63, 3.8) is 0 Å². The Morgan fingerprint density at radius 3 is 1.86 bits per heavy atom. The van der Waals surface area contributed by atoms with Crippen LogP contribution in [0.3, 0.4) is 0 Å². The zero-order valence-corrected chi connectivity index (χ0v) is 22.0. The number of nitrogens with zero attached hydrogens (tertiary/aromatic N) is 4. The fourth-order valence-electron chi connectivity index (χ4n) is 3.39. The molecule has 4 aromatic carbocycles. The monoisotopic (exact) mass is 572 g/mol. The van der Waals surface area contributed by atoms with Gasteiger partial charge in [-0.25, -0.2) is 5.01 Å². The van der Waals surface area contributed by atoms with Gasteiger partial charge in [-0.1, -0.05) is 66.7 Å². The fourth-order valence-corrected chi connectivity index (χ4v) is 3.39. The Balaban J connectivity index is 0.000000240. The van der Waals surface area contributed by atoms with E-state index in [2.05, 4.69) is 89.8 Å². The minimum atomic E-state index is 0.862. The van der Waals surface area contributed by atoms with E-state index in [0.29, 0.717) is 0 Å². The first-order valence-corrected chi connectivity index (χ1v) is 13.0. The zero-order chi connectivity index (χ0) is 24.9. The summed E-state index contributed by atoms with van der Waals surface area (Å²) in [4.78, 5) is 4.12. The normalized spacial score (nSPS) is 12.3. The zero-order valence-electron chi connectivity index (χ0n) is 19.7. The van der Waals surface area contributed by atoms with Crippen LogP contribution in [0.25, 0.3) is 0 Å². The van der Waals surface area contributed by atoms with Crippen molar-refractivity contribution in [2.45, 2.75) is 6.54 Å². The fraction of sp³-hybridized carbons (Fsp3) is 0.103. The molecule has 0 amide bonds. The maximum atomic E-state index is 4.75. The number of para-hydroxylation sites is 2. The standard InChI is InChI=1S/C20H15N3.C9H12N.ClH.Pd/c1-4-10-17(11-5-1)20-21-23(19-14-8-3-9-15-19)16-22(20)18-12-6-2-7-13-18;1-10(2)8-9-6-4-3-5-7-9;;/h1-15H;3-6H,8H2,1-2H3;1H;/q;-1;;+2/p-1. The van der Waals surface area contributed by atoms with E-state index in [4.69, 9.17) is 5.10 Å². The SMILES string of the molecule is CN(C)Cc1[c-]cccc1.[C]1N(c2ccccc2)N=C(c2ccccc2)N1c1ccccc1.[Cl][Pd+]. The predicted octanol–water partition coefficient (Wildman–Crippen LogP) is 6.61. The van der Waals surface area contributed by atoms with E-state index in [1.165, 1.54) is 5.56 Å².